The average Bonchev–Trinajstić information content (AvgIpc) is 2.64. The molecule has 1 N–H and O–H groups in total. The van der Waals surface area contributed by atoms with E-state index in [1.54, 1.807) is 6.07 Å². The highest BCUT2D eigenvalue weighted by Crippen LogP contribution is 2.28. The van der Waals surface area contributed by atoms with E-state index in [2.05, 4.69) is 11.8 Å². The van der Waals surface area contributed by atoms with Gasteiger partial charge in [-0.05, 0) is 24.1 Å². The average molecular weight is 324 g/mol. The summed E-state index contributed by atoms with van der Waals surface area (Å²) in [6.07, 6.45) is 0.808. The van der Waals surface area contributed by atoms with Crippen LogP contribution in [0.5, 0.6) is 5.75 Å². The fourth-order valence-electron chi connectivity index (χ4n) is 3.36. The third-order valence-corrected chi connectivity index (χ3v) is 4.72. The molecule has 2 aromatic carbocycles. The molecule has 1 heterocycles. The van der Waals surface area contributed by atoms with E-state index in [4.69, 9.17) is 0 Å². The van der Waals surface area contributed by atoms with Gasteiger partial charge in [-0.15, -0.1) is 0 Å². The maximum atomic E-state index is 12.9. The number of carbonyl (C=O) groups is 1. The van der Waals surface area contributed by atoms with Crippen LogP contribution in [0.15, 0.2) is 54.6 Å². The summed E-state index contributed by atoms with van der Waals surface area (Å²) in [4.78, 5) is 17.0. The Balaban J connectivity index is 1.66. The third kappa shape index (κ3) is 3.37. The van der Waals surface area contributed by atoms with E-state index in [-0.39, 0.29) is 11.8 Å². The molecule has 0 spiro atoms. The van der Waals surface area contributed by atoms with Crippen molar-refractivity contribution in [3.63, 3.8) is 0 Å². The van der Waals surface area contributed by atoms with Gasteiger partial charge in [-0.25, -0.2) is 0 Å². The molecule has 4 heteroatoms. The minimum Gasteiger partial charge on any atom is -0.506 e. The second-order valence-electron chi connectivity index (χ2n) is 6.17. The highest BCUT2D eigenvalue weighted by atomic mass is 16.3. The van der Waals surface area contributed by atoms with Crippen LogP contribution in [0.1, 0.15) is 24.8 Å². The monoisotopic (exact) mass is 324 g/mol. The van der Waals surface area contributed by atoms with Crippen LogP contribution in [0.2, 0.25) is 0 Å². The van der Waals surface area contributed by atoms with E-state index in [9.17, 15) is 9.90 Å². The van der Waals surface area contributed by atoms with E-state index in [1.165, 1.54) is 0 Å². The molecule has 1 atom stereocenters. The Bertz CT molecular complexity index is 679. The quantitative estimate of drug-likeness (QED) is 0.939. The number of phenolic OH excluding ortho intramolecular Hbond substituents is 1. The van der Waals surface area contributed by atoms with Gasteiger partial charge in [0.1, 0.15) is 5.75 Å². The molecule has 3 rings (SSSR count). The largest absolute Gasteiger partial charge is 0.506 e. The molecule has 0 bridgehead atoms. The van der Waals surface area contributed by atoms with Gasteiger partial charge >= 0.3 is 0 Å². The molecular formula is C20H24N2O2. The van der Waals surface area contributed by atoms with Gasteiger partial charge < -0.3 is 14.9 Å². The maximum Gasteiger partial charge on any atom is 0.230 e. The van der Waals surface area contributed by atoms with Crippen molar-refractivity contribution in [2.24, 2.45) is 0 Å². The first-order valence-electron chi connectivity index (χ1n) is 8.57. The molecule has 1 aliphatic rings. The smallest absolute Gasteiger partial charge is 0.230 e. The predicted molar refractivity (Wildman–Crippen MR) is 96.4 cm³/mol. The molecule has 4 nitrogen and oxygen atoms in total. The number of benzene rings is 2. The third-order valence-electron chi connectivity index (χ3n) is 4.72. The van der Waals surface area contributed by atoms with E-state index in [0.29, 0.717) is 18.8 Å². The van der Waals surface area contributed by atoms with Gasteiger partial charge in [-0.2, -0.15) is 0 Å². The van der Waals surface area contributed by atoms with E-state index >= 15 is 0 Å². The number of para-hydroxylation sites is 2. The second-order valence-corrected chi connectivity index (χ2v) is 6.17. The number of aromatic hydroxyl groups is 1. The first-order valence-corrected chi connectivity index (χ1v) is 8.57. The Morgan fingerprint density at radius 2 is 1.62 bits per heavy atom. The van der Waals surface area contributed by atoms with Crippen molar-refractivity contribution in [1.82, 2.24) is 4.90 Å². The Labute approximate surface area is 143 Å². The number of carbonyl (C=O) groups excluding carboxylic acids is 1. The fraction of sp³-hybridized carbons (Fsp3) is 0.350. The van der Waals surface area contributed by atoms with Crippen LogP contribution in [0.25, 0.3) is 0 Å². The maximum absolute atomic E-state index is 12.9. The standard InChI is InChI=1S/C20H24N2O2/c1-2-17(16-8-4-3-5-9-16)20(24)22-14-12-21(13-15-22)18-10-6-7-11-19(18)23/h3-11,17,23H,2,12-15H2,1H3. The summed E-state index contributed by atoms with van der Waals surface area (Å²) < 4.78 is 0. The summed E-state index contributed by atoms with van der Waals surface area (Å²) in [6.45, 7) is 4.93. The molecule has 1 unspecified atom stereocenters. The Morgan fingerprint density at radius 1 is 1.00 bits per heavy atom. The summed E-state index contributed by atoms with van der Waals surface area (Å²) in [5.74, 6) is 0.441. The van der Waals surface area contributed by atoms with Crippen LogP contribution < -0.4 is 4.90 Å². The molecule has 0 aromatic heterocycles. The number of hydrogen-bond acceptors (Lipinski definition) is 3. The number of anilines is 1. The van der Waals surface area contributed by atoms with Gasteiger partial charge in [0, 0.05) is 26.2 Å². The van der Waals surface area contributed by atoms with Gasteiger partial charge in [0.05, 0.1) is 11.6 Å². The summed E-state index contributed by atoms with van der Waals surface area (Å²) in [7, 11) is 0. The fourth-order valence-corrected chi connectivity index (χ4v) is 3.36. The minimum absolute atomic E-state index is 0.0668. The summed E-state index contributed by atoms with van der Waals surface area (Å²) in [5, 5.41) is 9.99. The van der Waals surface area contributed by atoms with Crippen molar-refractivity contribution in [1.29, 1.82) is 0 Å². The first kappa shape index (κ1) is 16.4. The highest BCUT2D eigenvalue weighted by Gasteiger charge is 2.28. The van der Waals surface area contributed by atoms with Crippen molar-refractivity contribution in [2.45, 2.75) is 19.3 Å². The number of nitrogens with zero attached hydrogens (tertiary/aromatic N) is 2. The van der Waals surface area contributed by atoms with Crippen molar-refractivity contribution in [2.75, 3.05) is 31.1 Å². The Morgan fingerprint density at radius 3 is 2.25 bits per heavy atom. The van der Waals surface area contributed by atoms with Crippen LogP contribution in [-0.2, 0) is 4.79 Å². The highest BCUT2D eigenvalue weighted by molar-refractivity contribution is 5.84. The van der Waals surface area contributed by atoms with Gasteiger partial charge in [0.2, 0.25) is 5.91 Å². The minimum atomic E-state index is -0.0668. The molecule has 1 saturated heterocycles. The zero-order chi connectivity index (χ0) is 16.9. The van der Waals surface area contributed by atoms with Crippen LogP contribution in [0.3, 0.4) is 0 Å². The summed E-state index contributed by atoms with van der Waals surface area (Å²) >= 11 is 0. The zero-order valence-corrected chi connectivity index (χ0v) is 14.1. The summed E-state index contributed by atoms with van der Waals surface area (Å²) in [5.41, 5.74) is 1.94. The molecular weight excluding hydrogens is 300 g/mol. The topological polar surface area (TPSA) is 43.8 Å². The lowest BCUT2D eigenvalue weighted by atomic mass is 9.95. The lowest BCUT2D eigenvalue weighted by Gasteiger charge is -2.37. The van der Waals surface area contributed by atoms with Crippen LogP contribution in [0.4, 0.5) is 5.69 Å². The summed E-state index contributed by atoms with van der Waals surface area (Å²) in [6, 6.07) is 17.4. The van der Waals surface area contributed by atoms with E-state index in [1.807, 2.05) is 53.4 Å². The van der Waals surface area contributed by atoms with Gasteiger partial charge in [-0.1, -0.05) is 49.4 Å². The zero-order valence-electron chi connectivity index (χ0n) is 14.1. The van der Waals surface area contributed by atoms with Crippen molar-refractivity contribution >= 4 is 11.6 Å². The molecule has 126 valence electrons. The molecule has 1 fully saturated rings. The number of amides is 1. The molecule has 0 aliphatic carbocycles. The van der Waals surface area contributed by atoms with Gasteiger partial charge in [-0.3, -0.25) is 4.79 Å². The lowest BCUT2D eigenvalue weighted by Crippen LogP contribution is -2.50. The van der Waals surface area contributed by atoms with E-state index < -0.39 is 0 Å². The first-order chi connectivity index (χ1) is 11.7. The number of rotatable bonds is 4. The SMILES string of the molecule is CCC(C(=O)N1CCN(c2ccccc2O)CC1)c1ccccc1. The van der Waals surface area contributed by atoms with Gasteiger partial charge in [0.15, 0.2) is 0 Å². The normalized spacial score (nSPS) is 16.0. The predicted octanol–water partition coefficient (Wildman–Crippen LogP) is 3.23. The van der Waals surface area contributed by atoms with Crippen molar-refractivity contribution in [3.8, 4) is 5.75 Å². The van der Waals surface area contributed by atoms with Crippen LogP contribution in [0, 0.1) is 0 Å². The van der Waals surface area contributed by atoms with Crippen LogP contribution in [-0.4, -0.2) is 42.1 Å². The van der Waals surface area contributed by atoms with Crippen LogP contribution >= 0.6 is 0 Å². The van der Waals surface area contributed by atoms with E-state index in [0.717, 1.165) is 30.8 Å². The number of piperazine rings is 1. The second kappa shape index (κ2) is 7.39. The molecule has 2 aromatic rings. The Kier molecular flexibility index (Phi) is 5.04. The molecule has 0 radical (unpaired) electrons. The number of phenols is 1. The lowest BCUT2D eigenvalue weighted by molar-refractivity contribution is -0.133. The van der Waals surface area contributed by atoms with Crippen molar-refractivity contribution < 1.29 is 9.90 Å². The van der Waals surface area contributed by atoms with Crippen molar-refractivity contribution in [3.05, 3.63) is 60.2 Å². The molecule has 24 heavy (non-hydrogen) atoms. The van der Waals surface area contributed by atoms with Gasteiger partial charge in [0.25, 0.3) is 0 Å². The number of hydrogen-bond donors (Lipinski definition) is 1. The molecule has 1 aliphatic heterocycles. The molecule has 1 amide bonds. The Hall–Kier alpha value is -2.49. The molecule has 0 saturated carbocycles.